The van der Waals surface area contributed by atoms with E-state index in [1.54, 1.807) is 11.8 Å². The fourth-order valence-corrected chi connectivity index (χ4v) is 3.79. The van der Waals surface area contributed by atoms with Crippen molar-refractivity contribution in [2.75, 3.05) is 13.1 Å². The highest BCUT2D eigenvalue weighted by Gasteiger charge is 2.25. The van der Waals surface area contributed by atoms with Crippen molar-refractivity contribution in [2.45, 2.75) is 42.1 Å². The Hall–Kier alpha value is -1.32. The molecule has 0 amide bonds. The maximum Gasteiger partial charge on any atom is 0.101 e. The standard InChI is InChI=1S/C18H22N2S/c1-2-12-20-13-6-9-17(20)15-10-11-18(19-14-15)21-16-7-4-3-5-8-16/h3-5,7-8,10-11,14,17H,2,6,9,12-13H2,1H3/t17-/m0/s1. The van der Waals surface area contributed by atoms with Gasteiger partial charge in [0.25, 0.3) is 0 Å². The summed E-state index contributed by atoms with van der Waals surface area (Å²) in [6.07, 6.45) is 5.88. The highest BCUT2D eigenvalue weighted by atomic mass is 32.2. The molecule has 2 heterocycles. The van der Waals surface area contributed by atoms with Crippen LogP contribution in [0.15, 0.2) is 58.6 Å². The molecule has 1 atom stereocenters. The van der Waals surface area contributed by atoms with Gasteiger partial charge in [0.2, 0.25) is 0 Å². The predicted molar refractivity (Wildman–Crippen MR) is 88.6 cm³/mol. The quantitative estimate of drug-likeness (QED) is 0.790. The third-order valence-corrected chi connectivity index (χ3v) is 4.94. The molecule has 0 spiro atoms. The van der Waals surface area contributed by atoms with Crippen LogP contribution >= 0.6 is 11.8 Å². The van der Waals surface area contributed by atoms with Gasteiger partial charge in [0.1, 0.15) is 5.03 Å². The maximum absolute atomic E-state index is 4.65. The Morgan fingerprint density at radius 2 is 2.05 bits per heavy atom. The summed E-state index contributed by atoms with van der Waals surface area (Å²) in [6, 6.07) is 15.4. The van der Waals surface area contributed by atoms with Gasteiger partial charge in [-0.25, -0.2) is 4.98 Å². The molecule has 1 aromatic heterocycles. The molecule has 0 saturated carbocycles. The second-order valence-corrected chi connectivity index (χ2v) is 6.63. The highest BCUT2D eigenvalue weighted by Crippen LogP contribution is 2.33. The lowest BCUT2D eigenvalue weighted by Gasteiger charge is -2.24. The molecule has 1 aliphatic heterocycles. The monoisotopic (exact) mass is 298 g/mol. The van der Waals surface area contributed by atoms with Gasteiger partial charge in [0.15, 0.2) is 0 Å². The molecule has 2 aromatic rings. The molecule has 1 aliphatic rings. The number of hydrogen-bond acceptors (Lipinski definition) is 3. The zero-order valence-electron chi connectivity index (χ0n) is 12.5. The summed E-state index contributed by atoms with van der Waals surface area (Å²) >= 11 is 1.73. The van der Waals surface area contributed by atoms with Gasteiger partial charge < -0.3 is 0 Å². The molecule has 1 saturated heterocycles. The van der Waals surface area contributed by atoms with E-state index in [4.69, 9.17) is 0 Å². The van der Waals surface area contributed by atoms with E-state index >= 15 is 0 Å². The number of nitrogens with zero attached hydrogens (tertiary/aromatic N) is 2. The third kappa shape index (κ3) is 3.66. The van der Waals surface area contributed by atoms with Gasteiger partial charge in [-0.3, -0.25) is 4.90 Å². The maximum atomic E-state index is 4.65. The summed E-state index contributed by atoms with van der Waals surface area (Å²) < 4.78 is 0. The first-order valence-electron chi connectivity index (χ1n) is 7.79. The largest absolute Gasteiger partial charge is 0.296 e. The number of aromatic nitrogens is 1. The van der Waals surface area contributed by atoms with E-state index in [-0.39, 0.29) is 0 Å². The molecule has 2 nitrogen and oxygen atoms in total. The lowest BCUT2D eigenvalue weighted by atomic mass is 10.1. The summed E-state index contributed by atoms with van der Waals surface area (Å²) in [5.74, 6) is 0. The molecule has 3 heteroatoms. The topological polar surface area (TPSA) is 16.1 Å². The molecule has 3 rings (SSSR count). The number of benzene rings is 1. The van der Waals surface area contributed by atoms with Gasteiger partial charge in [-0.1, -0.05) is 43.0 Å². The van der Waals surface area contributed by atoms with Crippen LogP contribution < -0.4 is 0 Å². The fourth-order valence-electron chi connectivity index (χ4n) is 3.02. The van der Waals surface area contributed by atoms with Gasteiger partial charge in [-0.05, 0) is 56.1 Å². The van der Waals surface area contributed by atoms with Gasteiger partial charge >= 0.3 is 0 Å². The first kappa shape index (κ1) is 14.6. The first-order valence-corrected chi connectivity index (χ1v) is 8.61. The summed E-state index contributed by atoms with van der Waals surface area (Å²) in [5, 5.41) is 1.07. The second kappa shape index (κ2) is 7.10. The molecule has 21 heavy (non-hydrogen) atoms. The van der Waals surface area contributed by atoms with Crippen LogP contribution in [-0.2, 0) is 0 Å². The molecule has 0 radical (unpaired) electrons. The van der Waals surface area contributed by atoms with Crippen molar-refractivity contribution in [3.63, 3.8) is 0 Å². The summed E-state index contributed by atoms with van der Waals surface area (Å²) in [4.78, 5) is 8.49. The van der Waals surface area contributed by atoms with Crippen molar-refractivity contribution in [1.29, 1.82) is 0 Å². The molecular weight excluding hydrogens is 276 g/mol. The fraction of sp³-hybridized carbons (Fsp3) is 0.389. The van der Waals surface area contributed by atoms with Crippen molar-refractivity contribution in [2.24, 2.45) is 0 Å². The average molecular weight is 298 g/mol. The third-order valence-electron chi connectivity index (χ3n) is 3.98. The normalized spacial score (nSPS) is 19.0. The van der Waals surface area contributed by atoms with Crippen LogP contribution in [0.25, 0.3) is 0 Å². The summed E-state index contributed by atoms with van der Waals surface area (Å²) in [5.41, 5.74) is 1.37. The molecule has 0 unspecified atom stereocenters. The van der Waals surface area contributed by atoms with Gasteiger partial charge in [-0.15, -0.1) is 0 Å². The predicted octanol–water partition coefficient (Wildman–Crippen LogP) is 4.78. The van der Waals surface area contributed by atoms with Crippen molar-refractivity contribution in [3.8, 4) is 0 Å². The Morgan fingerprint density at radius 3 is 2.76 bits per heavy atom. The van der Waals surface area contributed by atoms with Crippen molar-refractivity contribution >= 4 is 11.8 Å². The Bertz CT molecular complexity index is 553. The smallest absolute Gasteiger partial charge is 0.101 e. The minimum Gasteiger partial charge on any atom is -0.296 e. The van der Waals surface area contributed by atoms with Crippen LogP contribution in [0.3, 0.4) is 0 Å². The first-order chi connectivity index (χ1) is 10.4. The Kier molecular flexibility index (Phi) is 4.94. The van der Waals surface area contributed by atoms with Gasteiger partial charge in [0, 0.05) is 17.1 Å². The molecule has 0 N–H and O–H groups in total. The van der Waals surface area contributed by atoms with Crippen LogP contribution in [-0.4, -0.2) is 23.0 Å². The highest BCUT2D eigenvalue weighted by molar-refractivity contribution is 7.99. The summed E-state index contributed by atoms with van der Waals surface area (Å²) in [6.45, 7) is 4.69. The lowest BCUT2D eigenvalue weighted by molar-refractivity contribution is 0.257. The number of likely N-dealkylation sites (tertiary alicyclic amines) is 1. The van der Waals surface area contributed by atoms with Crippen molar-refractivity contribution in [3.05, 3.63) is 54.2 Å². The minimum atomic E-state index is 0.577. The van der Waals surface area contributed by atoms with E-state index in [0.29, 0.717) is 6.04 Å². The molecule has 0 bridgehead atoms. The van der Waals surface area contributed by atoms with Crippen LogP contribution in [0.4, 0.5) is 0 Å². The van der Waals surface area contributed by atoms with E-state index in [2.05, 4.69) is 59.4 Å². The van der Waals surface area contributed by atoms with Gasteiger partial charge in [0.05, 0.1) is 0 Å². The van der Waals surface area contributed by atoms with E-state index in [1.807, 2.05) is 6.07 Å². The molecule has 1 fully saturated rings. The number of hydrogen-bond donors (Lipinski definition) is 0. The SMILES string of the molecule is CCCN1CCC[C@H]1c1ccc(Sc2ccccc2)nc1. The minimum absolute atomic E-state index is 0.577. The van der Waals surface area contributed by atoms with Crippen LogP contribution in [0, 0.1) is 0 Å². The number of pyridine rings is 1. The van der Waals surface area contributed by atoms with Crippen LogP contribution in [0.1, 0.15) is 37.8 Å². The average Bonchev–Trinajstić information content (AvgIpc) is 2.98. The van der Waals surface area contributed by atoms with Crippen molar-refractivity contribution < 1.29 is 0 Å². The Labute approximate surface area is 131 Å². The van der Waals surface area contributed by atoms with Crippen LogP contribution in [0.5, 0.6) is 0 Å². The Balaban J connectivity index is 1.69. The van der Waals surface area contributed by atoms with E-state index in [9.17, 15) is 0 Å². The molecule has 1 aromatic carbocycles. The van der Waals surface area contributed by atoms with E-state index < -0.39 is 0 Å². The van der Waals surface area contributed by atoms with Crippen molar-refractivity contribution in [1.82, 2.24) is 9.88 Å². The molecular formula is C18H22N2S. The molecule has 0 aliphatic carbocycles. The van der Waals surface area contributed by atoms with Crippen LogP contribution in [0.2, 0.25) is 0 Å². The second-order valence-electron chi connectivity index (χ2n) is 5.54. The van der Waals surface area contributed by atoms with Gasteiger partial charge in [-0.2, -0.15) is 0 Å². The van der Waals surface area contributed by atoms with E-state index in [0.717, 1.165) is 5.03 Å². The lowest BCUT2D eigenvalue weighted by Crippen LogP contribution is -2.24. The Morgan fingerprint density at radius 1 is 1.19 bits per heavy atom. The zero-order chi connectivity index (χ0) is 14.5. The summed E-state index contributed by atoms with van der Waals surface area (Å²) in [7, 11) is 0. The van der Waals surface area contributed by atoms with E-state index in [1.165, 1.54) is 42.8 Å². The zero-order valence-corrected chi connectivity index (χ0v) is 13.4. The number of rotatable bonds is 5. The molecule has 110 valence electrons.